The molecule has 0 bridgehead atoms. The fourth-order valence-corrected chi connectivity index (χ4v) is 3.85. The molecule has 0 aliphatic heterocycles. The van der Waals surface area contributed by atoms with Crippen LogP contribution in [0.25, 0.3) is 11.0 Å². The molecule has 3 heterocycles. The average molecular weight is 299 g/mol. The van der Waals surface area contributed by atoms with E-state index in [-0.39, 0.29) is 0 Å². The summed E-state index contributed by atoms with van der Waals surface area (Å²) in [5.41, 5.74) is 0.814. The smallest absolute Gasteiger partial charge is 0.160 e. The minimum absolute atomic E-state index is 0.570. The Kier molecular flexibility index (Phi) is 3.31. The number of nitrogens with one attached hydrogen (secondary N) is 1. The van der Waals surface area contributed by atoms with Gasteiger partial charge in [-0.3, -0.25) is 5.10 Å². The van der Waals surface area contributed by atoms with Gasteiger partial charge in [0.05, 0.1) is 18.1 Å². The van der Waals surface area contributed by atoms with E-state index >= 15 is 0 Å². The summed E-state index contributed by atoms with van der Waals surface area (Å²) in [6.07, 6.45) is 8.58. The molecule has 0 radical (unpaired) electrons. The third-order valence-corrected chi connectivity index (χ3v) is 5.03. The number of fused-ring (bicyclic) bond motifs is 1. The Bertz CT molecular complexity index is 715. The standard InChI is InChI=1S/C15H17N5S/c1-2-5-11(4-1)20(9-12-6-3-7-21-12)15-13-8-18-19-14(13)16-10-17-15/h3,6-8,10-11H,1-2,4-5,9H2,(H,16,17,18,19). The molecule has 1 saturated carbocycles. The van der Waals surface area contributed by atoms with Gasteiger partial charge in [0, 0.05) is 10.9 Å². The molecule has 3 aromatic rings. The van der Waals surface area contributed by atoms with E-state index in [1.54, 1.807) is 17.7 Å². The number of aromatic nitrogens is 4. The fourth-order valence-electron chi connectivity index (χ4n) is 3.14. The zero-order valence-electron chi connectivity index (χ0n) is 11.7. The summed E-state index contributed by atoms with van der Waals surface area (Å²) >= 11 is 1.80. The molecule has 0 atom stereocenters. The van der Waals surface area contributed by atoms with Crippen LogP contribution >= 0.6 is 11.3 Å². The van der Waals surface area contributed by atoms with Crippen LogP contribution < -0.4 is 4.90 Å². The molecule has 0 spiro atoms. The Morgan fingerprint density at radius 2 is 2.19 bits per heavy atom. The van der Waals surface area contributed by atoms with E-state index in [4.69, 9.17) is 0 Å². The normalized spacial score (nSPS) is 15.8. The molecule has 1 N–H and O–H groups in total. The third kappa shape index (κ3) is 2.40. The highest BCUT2D eigenvalue weighted by Gasteiger charge is 2.26. The minimum Gasteiger partial charge on any atom is -0.348 e. The maximum atomic E-state index is 4.56. The van der Waals surface area contributed by atoms with Gasteiger partial charge in [-0.2, -0.15) is 5.10 Å². The molecule has 0 aromatic carbocycles. The topological polar surface area (TPSA) is 57.7 Å². The van der Waals surface area contributed by atoms with E-state index < -0.39 is 0 Å². The third-order valence-electron chi connectivity index (χ3n) is 4.17. The number of thiophene rings is 1. The molecule has 0 saturated heterocycles. The zero-order chi connectivity index (χ0) is 14.1. The van der Waals surface area contributed by atoms with Crippen LogP contribution in [0.3, 0.4) is 0 Å². The van der Waals surface area contributed by atoms with Crippen LogP contribution in [0.5, 0.6) is 0 Å². The second-order valence-corrected chi connectivity index (χ2v) is 6.51. The maximum absolute atomic E-state index is 4.56. The molecule has 0 unspecified atom stereocenters. The summed E-state index contributed by atoms with van der Waals surface area (Å²) in [5, 5.41) is 10.2. The van der Waals surface area contributed by atoms with E-state index in [0.717, 1.165) is 23.4 Å². The van der Waals surface area contributed by atoms with Crippen LogP contribution in [0.1, 0.15) is 30.6 Å². The molecule has 1 fully saturated rings. The van der Waals surface area contributed by atoms with Crippen molar-refractivity contribution in [3.8, 4) is 0 Å². The van der Waals surface area contributed by atoms with Crippen LogP contribution in [0.2, 0.25) is 0 Å². The molecule has 4 rings (SSSR count). The maximum Gasteiger partial charge on any atom is 0.160 e. The van der Waals surface area contributed by atoms with E-state index in [1.807, 2.05) is 6.20 Å². The van der Waals surface area contributed by atoms with E-state index in [1.165, 1.54) is 30.6 Å². The highest BCUT2D eigenvalue weighted by Crippen LogP contribution is 2.32. The van der Waals surface area contributed by atoms with Crippen molar-refractivity contribution in [1.82, 2.24) is 20.2 Å². The zero-order valence-corrected chi connectivity index (χ0v) is 12.5. The predicted molar refractivity (Wildman–Crippen MR) is 84.4 cm³/mol. The number of rotatable bonds is 4. The Morgan fingerprint density at radius 3 is 3.00 bits per heavy atom. The van der Waals surface area contributed by atoms with Crippen molar-refractivity contribution >= 4 is 28.2 Å². The molecule has 1 aliphatic carbocycles. The summed E-state index contributed by atoms with van der Waals surface area (Å²) in [7, 11) is 0. The van der Waals surface area contributed by atoms with Crippen molar-refractivity contribution in [1.29, 1.82) is 0 Å². The van der Waals surface area contributed by atoms with Crippen LogP contribution in [0.15, 0.2) is 30.0 Å². The number of aromatic amines is 1. The molecule has 5 nitrogen and oxygen atoms in total. The lowest BCUT2D eigenvalue weighted by atomic mass is 10.2. The number of nitrogens with zero attached hydrogens (tertiary/aromatic N) is 4. The number of hydrogen-bond donors (Lipinski definition) is 1. The molecule has 3 aromatic heterocycles. The Morgan fingerprint density at radius 1 is 1.29 bits per heavy atom. The van der Waals surface area contributed by atoms with Gasteiger partial charge < -0.3 is 4.90 Å². The van der Waals surface area contributed by atoms with Crippen molar-refractivity contribution in [3.05, 3.63) is 34.9 Å². The number of anilines is 1. The van der Waals surface area contributed by atoms with Gasteiger partial charge in [-0.15, -0.1) is 11.3 Å². The molecule has 1 aliphatic rings. The van der Waals surface area contributed by atoms with E-state index in [9.17, 15) is 0 Å². The predicted octanol–water partition coefficient (Wildman–Crippen LogP) is 3.36. The molecule has 0 amide bonds. The quantitative estimate of drug-likeness (QED) is 0.802. The summed E-state index contributed by atoms with van der Waals surface area (Å²) < 4.78 is 0. The van der Waals surface area contributed by atoms with Crippen LogP contribution in [0, 0.1) is 0 Å². The molecule has 6 heteroatoms. The summed E-state index contributed by atoms with van der Waals surface area (Å²) in [6, 6.07) is 4.88. The van der Waals surface area contributed by atoms with Crippen molar-refractivity contribution in [3.63, 3.8) is 0 Å². The van der Waals surface area contributed by atoms with Gasteiger partial charge in [-0.25, -0.2) is 9.97 Å². The lowest BCUT2D eigenvalue weighted by Gasteiger charge is -2.30. The van der Waals surface area contributed by atoms with Crippen LogP contribution in [-0.4, -0.2) is 26.2 Å². The van der Waals surface area contributed by atoms with Gasteiger partial charge in [0.25, 0.3) is 0 Å². The van der Waals surface area contributed by atoms with Gasteiger partial charge in [0.2, 0.25) is 0 Å². The lowest BCUT2D eigenvalue weighted by Crippen LogP contribution is -2.33. The molecule has 21 heavy (non-hydrogen) atoms. The summed E-state index contributed by atoms with van der Waals surface area (Å²) in [5.74, 6) is 1.01. The van der Waals surface area contributed by atoms with Crippen molar-refractivity contribution in [2.45, 2.75) is 38.3 Å². The first-order chi connectivity index (χ1) is 10.4. The van der Waals surface area contributed by atoms with E-state index in [2.05, 4.69) is 42.6 Å². The first kappa shape index (κ1) is 12.8. The first-order valence-electron chi connectivity index (χ1n) is 7.35. The monoisotopic (exact) mass is 299 g/mol. The van der Waals surface area contributed by atoms with Crippen molar-refractivity contribution < 1.29 is 0 Å². The first-order valence-corrected chi connectivity index (χ1v) is 8.23. The highest BCUT2D eigenvalue weighted by atomic mass is 32.1. The van der Waals surface area contributed by atoms with Crippen molar-refractivity contribution in [2.75, 3.05) is 4.90 Å². The van der Waals surface area contributed by atoms with Gasteiger partial charge in [0.1, 0.15) is 12.1 Å². The highest BCUT2D eigenvalue weighted by molar-refractivity contribution is 7.09. The molecular formula is C15H17N5S. The summed E-state index contributed by atoms with van der Waals surface area (Å²) in [6.45, 7) is 0.916. The van der Waals surface area contributed by atoms with Gasteiger partial charge >= 0.3 is 0 Å². The van der Waals surface area contributed by atoms with Crippen LogP contribution in [0.4, 0.5) is 5.82 Å². The molecule has 108 valence electrons. The second kappa shape index (κ2) is 5.44. The SMILES string of the molecule is c1csc(CN(c2ncnc3[nH]ncc23)C2CCCC2)c1. The van der Waals surface area contributed by atoms with Crippen molar-refractivity contribution in [2.24, 2.45) is 0 Å². The van der Waals surface area contributed by atoms with Gasteiger partial charge in [-0.05, 0) is 24.3 Å². The average Bonchev–Trinajstić information content (AvgIpc) is 3.24. The van der Waals surface area contributed by atoms with Gasteiger partial charge in [-0.1, -0.05) is 18.9 Å². The minimum atomic E-state index is 0.570. The number of H-pyrrole nitrogens is 1. The van der Waals surface area contributed by atoms with Crippen LogP contribution in [-0.2, 0) is 6.54 Å². The Hall–Kier alpha value is -1.95. The number of hydrogen-bond acceptors (Lipinski definition) is 5. The fraction of sp³-hybridized carbons (Fsp3) is 0.400. The summed E-state index contributed by atoms with van der Waals surface area (Å²) in [4.78, 5) is 12.6. The Balaban J connectivity index is 1.75. The Labute approximate surface area is 127 Å². The van der Waals surface area contributed by atoms with E-state index in [0.29, 0.717) is 6.04 Å². The molecular weight excluding hydrogens is 282 g/mol. The largest absolute Gasteiger partial charge is 0.348 e. The second-order valence-electron chi connectivity index (χ2n) is 5.48. The lowest BCUT2D eigenvalue weighted by molar-refractivity contribution is 0.602. The van der Waals surface area contributed by atoms with Gasteiger partial charge in [0.15, 0.2) is 5.65 Å².